The lowest BCUT2D eigenvalue weighted by atomic mass is 10.1. The van der Waals surface area contributed by atoms with E-state index in [1.54, 1.807) is 6.92 Å². The zero-order valence-corrected chi connectivity index (χ0v) is 24.3. The lowest BCUT2D eigenvalue weighted by Crippen LogP contribution is -2.26. The number of esters is 1. The molecule has 1 aromatic carbocycles. The van der Waals surface area contributed by atoms with Crippen molar-refractivity contribution in [3.8, 4) is 0 Å². The van der Waals surface area contributed by atoms with Gasteiger partial charge < -0.3 is 19.9 Å². The third-order valence-corrected chi connectivity index (χ3v) is 8.76. The molecule has 11 heteroatoms. The van der Waals surface area contributed by atoms with Crippen LogP contribution in [0, 0.1) is 0 Å². The number of aromatic nitrogens is 3. The molecule has 1 aliphatic rings. The molecule has 0 bridgehead atoms. The van der Waals surface area contributed by atoms with Crippen LogP contribution in [0.25, 0.3) is 0 Å². The van der Waals surface area contributed by atoms with Crippen LogP contribution in [0.5, 0.6) is 0 Å². The Morgan fingerprint density at radius 2 is 1.95 bits per heavy atom. The molecule has 208 valence electrons. The van der Waals surface area contributed by atoms with E-state index in [1.165, 1.54) is 23.1 Å². The van der Waals surface area contributed by atoms with Gasteiger partial charge in [0.05, 0.1) is 30.4 Å². The second-order valence-electron chi connectivity index (χ2n) is 9.37. The summed E-state index contributed by atoms with van der Waals surface area (Å²) in [6.45, 7) is 6.92. The molecule has 0 radical (unpaired) electrons. The summed E-state index contributed by atoms with van der Waals surface area (Å²) in [5.74, 6) is -0.0355. The van der Waals surface area contributed by atoms with Gasteiger partial charge in [0.1, 0.15) is 5.00 Å². The van der Waals surface area contributed by atoms with Crippen molar-refractivity contribution in [2.24, 2.45) is 0 Å². The molecule has 4 rings (SSSR count). The van der Waals surface area contributed by atoms with Crippen molar-refractivity contribution in [3.63, 3.8) is 0 Å². The van der Waals surface area contributed by atoms with Crippen LogP contribution in [0.2, 0.25) is 0 Å². The number of carbonyl (C=O) groups is 3. The second-order valence-corrected chi connectivity index (χ2v) is 11.8. The van der Waals surface area contributed by atoms with Crippen molar-refractivity contribution >= 4 is 45.9 Å². The van der Waals surface area contributed by atoms with E-state index in [-0.39, 0.29) is 30.9 Å². The maximum absolute atomic E-state index is 13.2. The van der Waals surface area contributed by atoms with E-state index in [9.17, 15) is 14.4 Å². The van der Waals surface area contributed by atoms with E-state index in [0.29, 0.717) is 34.5 Å². The predicted molar refractivity (Wildman–Crippen MR) is 153 cm³/mol. The monoisotopic (exact) mass is 569 g/mol. The Balaban J connectivity index is 1.42. The lowest BCUT2D eigenvalue weighted by Gasteiger charge is -2.14. The number of hydrogen-bond acceptors (Lipinski definition) is 8. The number of anilines is 1. The molecule has 0 saturated heterocycles. The zero-order valence-electron chi connectivity index (χ0n) is 22.6. The highest BCUT2D eigenvalue weighted by Crippen LogP contribution is 2.40. The molecule has 0 unspecified atom stereocenters. The number of nitrogens with zero attached hydrogens (tertiary/aromatic N) is 3. The van der Waals surface area contributed by atoms with E-state index in [2.05, 4.69) is 27.8 Å². The normalized spacial score (nSPS) is 13.1. The highest BCUT2D eigenvalue weighted by atomic mass is 32.2. The Hall–Kier alpha value is -3.18. The molecule has 2 N–H and O–H groups in total. The molecule has 3 aromatic rings. The largest absolute Gasteiger partial charge is 0.462 e. The molecule has 0 fully saturated rings. The van der Waals surface area contributed by atoms with Gasteiger partial charge in [-0.05, 0) is 50.7 Å². The van der Waals surface area contributed by atoms with Crippen LogP contribution in [0.4, 0.5) is 5.00 Å². The van der Waals surface area contributed by atoms with Crippen LogP contribution in [0.3, 0.4) is 0 Å². The molecule has 9 nitrogen and oxygen atoms in total. The van der Waals surface area contributed by atoms with Crippen molar-refractivity contribution in [1.82, 2.24) is 20.1 Å². The second kappa shape index (κ2) is 13.7. The topological polar surface area (TPSA) is 115 Å². The number of amides is 2. The third kappa shape index (κ3) is 7.27. The van der Waals surface area contributed by atoms with Crippen molar-refractivity contribution < 1.29 is 19.1 Å². The van der Waals surface area contributed by atoms with E-state index in [0.717, 1.165) is 48.1 Å². The summed E-state index contributed by atoms with van der Waals surface area (Å²) in [5.41, 5.74) is 2.45. The van der Waals surface area contributed by atoms with Crippen LogP contribution in [-0.4, -0.2) is 44.4 Å². The van der Waals surface area contributed by atoms with Gasteiger partial charge in [0.15, 0.2) is 11.0 Å². The van der Waals surface area contributed by atoms with Crippen molar-refractivity contribution in [2.75, 3.05) is 11.9 Å². The minimum absolute atomic E-state index is 0.0894. The Kier molecular flexibility index (Phi) is 10.2. The van der Waals surface area contributed by atoms with Gasteiger partial charge in [0.2, 0.25) is 11.8 Å². The summed E-state index contributed by atoms with van der Waals surface area (Å²) < 4.78 is 7.26. The van der Waals surface area contributed by atoms with Crippen LogP contribution < -0.4 is 10.6 Å². The fourth-order valence-corrected chi connectivity index (χ4v) is 6.61. The zero-order chi connectivity index (χ0) is 27.8. The molecular formula is C28H35N5O4S2. The maximum Gasteiger partial charge on any atom is 0.341 e. The minimum atomic E-state index is -0.484. The summed E-state index contributed by atoms with van der Waals surface area (Å²) in [7, 11) is 0. The average Bonchev–Trinajstić information content (AvgIpc) is 3.61. The number of nitrogens with one attached hydrogen (secondary N) is 2. The molecule has 1 aliphatic carbocycles. The van der Waals surface area contributed by atoms with Gasteiger partial charge in [-0.1, -0.05) is 55.4 Å². The molecule has 2 heterocycles. The van der Waals surface area contributed by atoms with Crippen LogP contribution in [0.1, 0.15) is 72.2 Å². The van der Waals surface area contributed by atoms with Crippen LogP contribution >= 0.6 is 23.1 Å². The highest BCUT2D eigenvalue weighted by molar-refractivity contribution is 8.00. The Labute approximate surface area is 237 Å². The highest BCUT2D eigenvalue weighted by Gasteiger charge is 2.29. The number of ether oxygens (including phenoxy) is 1. The summed E-state index contributed by atoms with van der Waals surface area (Å²) in [4.78, 5) is 39.5. The molecule has 39 heavy (non-hydrogen) atoms. The number of aryl methyl sites for hydroxylation is 1. The number of fused-ring (bicyclic) bond motifs is 1. The van der Waals surface area contributed by atoms with E-state index in [1.807, 2.05) is 41.8 Å². The maximum atomic E-state index is 13.2. The SMILES string of the molecule is CCCCn1c(CNC(=O)Cc2ccccc2)nnc1S[C@H](C)C(=O)Nc1sc2c(c1C(=O)OCC)CCC2. The Morgan fingerprint density at radius 3 is 2.69 bits per heavy atom. The smallest absolute Gasteiger partial charge is 0.341 e. The van der Waals surface area contributed by atoms with Gasteiger partial charge >= 0.3 is 5.97 Å². The molecular weight excluding hydrogens is 534 g/mol. The Morgan fingerprint density at radius 1 is 1.15 bits per heavy atom. The van der Waals surface area contributed by atoms with E-state index in [4.69, 9.17) is 4.74 Å². The number of thioether (sulfide) groups is 1. The van der Waals surface area contributed by atoms with Gasteiger partial charge in [0, 0.05) is 11.4 Å². The number of carbonyl (C=O) groups excluding carboxylic acids is 3. The van der Waals surface area contributed by atoms with Crippen LogP contribution in [-0.2, 0) is 46.7 Å². The van der Waals surface area contributed by atoms with Crippen molar-refractivity contribution in [1.29, 1.82) is 0 Å². The minimum Gasteiger partial charge on any atom is -0.462 e. The Bertz CT molecular complexity index is 1300. The van der Waals surface area contributed by atoms with Crippen molar-refractivity contribution in [3.05, 3.63) is 57.7 Å². The average molecular weight is 570 g/mol. The van der Waals surface area contributed by atoms with Gasteiger partial charge in [-0.25, -0.2) is 4.79 Å². The first kappa shape index (κ1) is 28.8. The summed E-state index contributed by atoms with van der Waals surface area (Å²) in [6, 6.07) is 9.58. The molecule has 2 amide bonds. The number of rotatable bonds is 13. The van der Waals surface area contributed by atoms with Gasteiger partial charge in [-0.2, -0.15) is 0 Å². The fraction of sp³-hybridized carbons (Fsp3) is 0.464. The first-order valence-corrected chi connectivity index (χ1v) is 15.1. The number of hydrogen-bond donors (Lipinski definition) is 2. The first-order valence-electron chi connectivity index (χ1n) is 13.4. The third-order valence-electron chi connectivity index (χ3n) is 6.47. The predicted octanol–water partition coefficient (Wildman–Crippen LogP) is 4.78. The number of unbranched alkanes of at least 4 members (excludes halogenated alkanes) is 1. The van der Waals surface area contributed by atoms with Gasteiger partial charge in [-0.15, -0.1) is 21.5 Å². The molecule has 1 atom stereocenters. The summed E-state index contributed by atoms with van der Waals surface area (Å²) in [6.07, 6.45) is 4.95. The molecule has 0 saturated carbocycles. The lowest BCUT2D eigenvalue weighted by molar-refractivity contribution is -0.120. The summed E-state index contributed by atoms with van der Waals surface area (Å²) in [5, 5.41) is 15.3. The standard InChI is InChI=1S/C28H35N5O4S2/c1-4-6-15-33-22(17-29-23(34)16-19-11-8-7-9-12-19)31-32-28(33)38-18(3)25(35)30-26-24(27(36)37-5-2)20-13-10-14-21(20)39-26/h7-9,11-12,18H,4-6,10,13-17H2,1-3H3,(H,29,34)(H,30,35)/t18-/m1/s1. The fourth-order valence-electron chi connectivity index (χ4n) is 4.44. The summed E-state index contributed by atoms with van der Waals surface area (Å²) >= 11 is 2.78. The first-order chi connectivity index (χ1) is 18.9. The molecule has 0 aliphatic heterocycles. The van der Waals surface area contributed by atoms with Gasteiger partial charge in [0.25, 0.3) is 0 Å². The molecule has 0 spiro atoms. The van der Waals surface area contributed by atoms with Gasteiger partial charge in [-0.3, -0.25) is 9.59 Å². The number of thiophene rings is 1. The van der Waals surface area contributed by atoms with Crippen LogP contribution in [0.15, 0.2) is 35.5 Å². The quantitative estimate of drug-likeness (QED) is 0.225. The molecule has 2 aromatic heterocycles. The van der Waals surface area contributed by atoms with Crippen molar-refractivity contribution in [2.45, 2.75) is 82.8 Å². The van der Waals surface area contributed by atoms with E-state index >= 15 is 0 Å². The van der Waals surface area contributed by atoms with E-state index < -0.39 is 5.25 Å². The number of benzene rings is 1.